The Bertz CT molecular complexity index is 256. The van der Waals surface area contributed by atoms with Crippen LogP contribution in [0.2, 0.25) is 0 Å². The monoisotopic (exact) mass is 195 g/mol. The predicted octanol–water partition coefficient (Wildman–Crippen LogP) is 3.09. The van der Waals surface area contributed by atoms with Gasteiger partial charge in [-0.3, -0.25) is 0 Å². The molecule has 13 heavy (non-hydrogen) atoms. The van der Waals surface area contributed by atoms with Crippen LogP contribution in [-0.4, -0.2) is 6.54 Å². The zero-order valence-electron chi connectivity index (χ0n) is 7.70. The maximum absolute atomic E-state index is 5.41. The van der Waals surface area contributed by atoms with Crippen molar-refractivity contribution < 1.29 is 0 Å². The van der Waals surface area contributed by atoms with E-state index in [1.807, 2.05) is 24.3 Å². The van der Waals surface area contributed by atoms with E-state index in [1.165, 1.54) is 11.1 Å². The van der Waals surface area contributed by atoms with Crippen LogP contribution in [0.5, 0.6) is 0 Å². The second kappa shape index (κ2) is 5.79. The third kappa shape index (κ3) is 3.62. The van der Waals surface area contributed by atoms with Crippen molar-refractivity contribution in [2.24, 2.45) is 0 Å². The van der Waals surface area contributed by atoms with Crippen LogP contribution >= 0.6 is 11.6 Å². The fraction of sp³-hybridized carbons (Fsp3) is 0.273. The third-order valence-corrected chi connectivity index (χ3v) is 2.11. The number of rotatable bonds is 4. The molecule has 0 bridgehead atoms. The topological polar surface area (TPSA) is 12.0 Å². The Kier molecular flexibility index (Phi) is 4.58. The molecule has 1 rings (SSSR count). The smallest absolute Gasteiger partial charge is 0.0294 e. The third-order valence-electron chi connectivity index (χ3n) is 1.93. The first kappa shape index (κ1) is 10.3. The molecule has 0 aliphatic heterocycles. The van der Waals surface area contributed by atoms with Crippen molar-refractivity contribution in [2.45, 2.75) is 13.0 Å². The molecule has 1 nitrogen and oxygen atoms in total. The Morgan fingerprint density at radius 3 is 2.69 bits per heavy atom. The molecule has 0 spiro atoms. The summed E-state index contributed by atoms with van der Waals surface area (Å²) in [6.07, 6.45) is 1.89. The van der Waals surface area contributed by atoms with Crippen molar-refractivity contribution in [1.29, 1.82) is 0 Å². The van der Waals surface area contributed by atoms with Crippen LogP contribution in [0.1, 0.15) is 18.5 Å². The number of hydrogen-bond donors (Lipinski definition) is 1. The predicted molar refractivity (Wildman–Crippen MR) is 57.9 cm³/mol. The summed E-state index contributed by atoms with van der Waals surface area (Å²) in [4.78, 5) is 0. The molecule has 1 N–H and O–H groups in total. The van der Waals surface area contributed by atoms with Crippen molar-refractivity contribution in [3.05, 3.63) is 47.5 Å². The van der Waals surface area contributed by atoms with Crippen molar-refractivity contribution >= 4 is 11.6 Å². The van der Waals surface area contributed by atoms with E-state index in [1.54, 1.807) is 0 Å². The van der Waals surface area contributed by atoms with Gasteiger partial charge in [0.05, 0.1) is 0 Å². The summed E-state index contributed by atoms with van der Waals surface area (Å²) in [5.41, 5.74) is 2.83. The molecule has 1 atom stereocenters. The van der Waals surface area contributed by atoms with E-state index < -0.39 is 0 Å². The number of nitrogens with one attached hydrogen (secondary N) is 1. The van der Waals surface area contributed by atoms with E-state index >= 15 is 0 Å². The van der Waals surface area contributed by atoms with Crippen molar-refractivity contribution in [1.82, 2.24) is 5.32 Å². The molecular formula is C11H14ClN. The van der Waals surface area contributed by atoms with E-state index in [0.29, 0.717) is 6.04 Å². The molecule has 0 unspecified atom stereocenters. The van der Waals surface area contributed by atoms with Gasteiger partial charge in [-0.05, 0) is 12.5 Å². The lowest BCUT2D eigenvalue weighted by Gasteiger charge is -2.11. The summed E-state index contributed by atoms with van der Waals surface area (Å²) < 4.78 is 0. The van der Waals surface area contributed by atoms with E-state index in [0.717, 1.165) is 6.54 Å². The van der Waals surface area contributed by atoms with Crippen LogP contribution in [0.4, 0.5) is 0 Å². The first-order valence-electron chi connectivity index (χ1n) is 4.38. The molecule has 0 aliphatic carbocycles. The summed E-state index contributed by atoms with van der Waals surface area (Å²) >= 11 is 5.41. The molecule has 0 saturated carbocycles. The van der Waals surface area contributed by atoms with Crippen LogP contribution in [0.15, 0.2) is 41.9 Å². The van der Waals surface area contributed by atoms with Crippen molar-refractivity contribution in [3.63, 3.8) is 0 Å². The molecule has 0 amide bonds. The Hall–Kier alpha value is -0.790. The molecule has 0 radical (unpaired) electrons. The minimum absolute atomic E-state index is 0.370. The summed E-state index contributed by atoms with van der Waals surface area (Å²) in [6, 6.07) is 10.7. The lowest BCUT2D eigenvalue weighted by Crippen LogP contribution is -2.18. The van der Waals surface area contributed by atoms with Crippen LogP contribution in [0.3, 0.4) is 0 Å². The largest absolute Gasteiger partial charge is 0.307 e. The van der Waals surface area contributed by atoms with Gasteiger partial charge in [0.2, 0.25) is 0 Å². The lowest BCUT2D eigenvalue weighted by molar-refractivity contribution is 0.617. The maximum atomic E-state index is 5.41. The minimum atomic E-state index is 0.370. The van der Waals surface area contributed by atoms with Crippen LogP contribution in [0.25, 0.3) is 0 Å². The average Bonchev–Trinajstić information content (AvgIpc) is 2.19. The summed E-state index contributed by atoms with van der Waals surface area (Å²) in [7, 11) is 0. The summed E-state index contributed by atoms with van der Waals surface area (Å²) in [5.74, 6) is 0. The Morgan fingerprint density at radius 2 is 2.08 bits per heavy atom. The van der Waals surface area contributed by atoms with Gasteiger partial charge in [0.25, 0.3) is 0 Å². The van der Waals surface area contributed by atoms with Gasteiger partial charge in [0.1, 0.15) is 0 Å². The van der Waals surface area contributed by atoms with Gasteiger partial charge >= 0.3 is 0 Å². The van der Waals surface area contributed by atoms with Crippen molar-refractivity contribution in [3.8, 4) is 0 Å². The highest BCUT2D eigenvalue weighted by molar-refractivity contribution is 6.25. The number of halogens is 1. The first-order chi connectivity index (χ1) is 6.34. The van der Waals surface area contributed by atoms with Gasteiger partial charge in [-0.25, -0.2) is 0 Å². The SMILES string of the molecule is C[C@@H](NC/C=C/Cl)c1ccccc1. The van der Waals surface area contributed by atoms with Gasteiger partial charge in [-0.1, -0.05) is 48.0 Å². The molecule has 0 saturated heterocycles. The van der Waals surface area contributed by atoms with Gasteiger partial charge in [-0.2, -0.15) is 0 Å². The molecule has 70 valence electrons. The van der Waals surface area contributed by atoms with Gasteiger partial charge in [0.15, 0.2) is 0 Å². The normalized spacial score (nSPS) is 13.4. The zero-order chi connectivity index (χ0) is 9.52. The van der Waals surface area contributed by atoms with Gasteiger partial charge in [-0.15, -0.1) is 0 Å². The highest BCUT2D eigenvalue weighted by Gasteiger charge is 2.00. The fourth-order valence-corrected chi connectivity index (χ4v) is 1.24. The Balaban J connectivity index is 2.44. The van der Waals surface area contributed by atoms with E-state index in [-0.39, 0.29) is 0 Å². The van der Waals surface area contributed by atoms with Crippen LogP contribution in [-0.2, 0) is 0 Å². The molecule has 0 heterocycles. The van der Waals surface area contributed by atoms with E-state index in [4.69, 9.17) is 11.6 Å². The summed E-state index contributed by atoms with van der Waals surface area (Å²) in [6.45, 7) is 2.94. The van der Waals surface area contributed by atoms with Crippen LogP contribution in [0, 0.1) is 0 Å². The highest BCUT2D eigenvalue weighted by Crippen LogP contribution is 2.10. The first-order valence-corrected chi connectivity index (χ1v) is 4.82. The maximum Gasteiger partial charge on any atom is 0.0294 e. The van der Waals surface area contributed by atoms with Gasteiger partial charge < -0.3 is 5.32 Å². The molecule has 0 fully saturated rings. The molecule has 2 heteroatoms. The van der Waals surface area contributed by atoms with Gasteiger partial charge in [0, 0.05) is 18.1 Å². The summed E-state index contributed by atoms with van der Waals surface area (Å²) in [5, 5.41) is 3.33. The quantitative estimate of drug-likeness (QED) is 0.779. The average molecular weight is 196 g/mol. The molecule has 1 aromatic carbocycles. The molecular weight excluding hydrogens is 182 g/mol. The van der Waals surface area contributed by atoms with Crippen molar-refractivity contribution in [2.75, 3.05) is 6.54 Å². The second-order valence-corrected chi connectivity index (χ2v) is 3.15. The fourth-order valence-electron chi connectivity index (χ4n) is 1.15. The molecule has 0 aromatic heterocycles. The standard InChI is InChI=1S/C11H14ClN/c1-10(13-9-5-8-12)11-6-3-2-4-7-11/h2-8,10,13H,9H2,1H3/b8-5+/t10-/m1/s1. The molecule has 0 aliphatic rings. The van der Waals surface area contributed by atoms with Crippen LogP contribution < -0.4 is 5.32 Å². The van der Waals surface area contributed by atoms with E-state index in [2.05, 4.69) is 24.4 Å². The Labute approximate surface area is 84.4 Å². The minimum Gasteiger partial charge on any atom is -0.307 e. The van der Waals surface area contributed by atoms with E-state index in [9.17, 15) is 0 Å². The lowest BCUT2D eigenvalue weighted by atomic mass is 10.1. The highest BCUT2D eigenvalue weighted by atomic mass is 35.5. The number of benzene rings is 1. The number of hydrogen-bond acceptors (Lipinski definition) is 1. The Morgan fingerprint density at radius 1 is 1.38 bits per heavy atom. The zero-order valence-corrected chi connectivity index (χ0v) is 8.46. The second-order valence-electron chi connectivity index (χ2n) is 2.90. The molecule has 1 aromatic rings.